The highest BCUT2D eigenvalue weighted by Crippen LogP contribution is 2.36. The topological polar surface area (TPSA) is 20.2 Å². The number of aliphatic hydroxyl groups is 1. The Balaban J connectivity index is 2.51. The van der Waals surface area contributed by atoms with Gasteiger partial charge in [-0.05, 0) is 16.7 Å². The summed E-state index contributed by atoms with van der Waals surface area (Å²) in [5, 5.41) is 9.75. The van der Waals surface area contributed by atoms with Crippen molar-refractivity contribution in [1.29, 1.82) is 0 Å². The molecule has 0 aromatic heterocycles. The lowest BCUT2D eigenvalue weighted by atomic mass is 9.94. The van der Waals surface area contributed by atoms with Crippen LogP contribution in [0.2, 0.25) is 0 Å². The zero-order valence-electron chi connectivity index (χ0n) is 9.98. The molecule has 2 aromatic carbocycles. The van der Waals surface area contributed by atoms with Crippen LogP contribution in [-0.2, 0) is 0 Å². The van der Waals surface area contributed by atoms with Crippen LogP contribution in [0.4, 0.5) is 8.78 Å². The predicted octanol–water partition coefficient (Wildman–Crippen LogP) is 4.04. The average Bonchev–Trinajstić information content (AvgIpc) is 2.38. The van der Waals surface area contributed by atoms with Crippen LogP contribution >= 0.6 is 0 Å². The van der Waals surface area contributed by atoms with Gasteiger partial charge in [-0.15, -0.1) is 0 Å². The summed E-state index contributed by atoms with van der Waals surface area (Å²) in [6, 6.07) is 15.9. The van der Waals surface area contributed by atoms with Crippen LogP contribution in [0.15, 0.2) is 54.6 Å². The molecule has 94 valence electrons. The summed E-state index contributed by atoms with van der Waals surface area (Å²) in [4.78, 5) is 0. The SMILES string of the molecule is CC(F)(F)C(O)c1ccccc1-c1ccccc1. The fraction of sp³-hybridized carbons (Fsp3) is 0.200. The van der Waals surface area contributed by atoms with Gasteiger partial charge < -0.3 is 5.11 Å². The number of rotatable bonds is 3. The zero-order valence-corrected chi connectivity index (χ0v) is 9.98. The monoisotopic (exact) mass is 248 g/mol. The Morgan fingerprint density at radius 3 is 2.11 bits per heavy atom. The number of benzene rings is 2. The second-order valence-electron chi connectivity index (χ2n) is 4.31. The minimum Gasteiger partial charge on any atom is -0.382 e. The first-order chi connectivity index (χ1) is 8.50. The van der Waals surface area contributed by atoms with Crippen molar-refractivity contribution in [2.75, 3.05) is 0 Å². The molecule has 2 rings (SSSR count). The Labute approximate surface area is 105 Å². The minimum atomic E-state index is -3.16. The van der Waals surface area contributed by atoms with Crippen molar-refractivity contribution in [2.45, 2.75) is 19.0 Å². The molecule has 2 aromatic rings. The number of alkyl halides is 2. The summed E-state index contributed by atoms with van der Waals surface area (Å²) in [6.45, 7) is 0.722. The predicted molar refractivity (Wildman–Crippen MR) is 67.5 cm³/mol. The van der Waals surface area contributed by atoms with E-state index >= 15 is 0 Å². The van der Waals surface area contributed by atoms with Crippen molar-refractivity contribution in [3.8, 4) is 11.1 Å². The van der Waals surface area contributed by atoms with Crippen LogP contribution in [0.5, 0.6) is 0 Å². The lowest BCUT2D eigenvalue weighted by Crippen LogP contribution is -2.22. The summed E-state index contributed by atoms with van der Waals surface area (Å²) < 4.78 is 26.5. The summed E-state index contributed by atoms with van der Waals surface area (Å²) >= 11 is 0. The summed E-state index contributed by atoms with van der Waals surface area (Å²) in [6.07, 6.45) is -1.80. The molecule has 1 unspecified atom stereocenters. The van der Waals surface area contributed by atoms with Crippen molar-refractivity contribution in [3.63, 3.8) is 0 Å². The highest BCUT2D eigenvalue weighted by atomic mass is 19.3. The van der Waals surface area contributed by atoms with Crippen molar-refractivity contribution < 1.29 is 13.9 Å². The van der Waals surface area contributed by atoms with Crippen molar-refractivity contribution in [2.24, 2.45) is 0 Å². The van der Waals surface area contributed by atoms with Gasteiger partial charge in [-0.1, -0.05) is 54.6 Å². The Kier molecular flexibility index (Phi) is 3.43. The Hall–Kier alpha value is -1.74. The molecule has 0 aliphatic carbocycles. The second kappa shape index (κ2) is 4.86. The molecular weight excluding hydrogens is 234 g/mol. The Morgan fingerprint density at radius 2 is 1.50 bits per heavy atom. The van der Waals surface area contributed by atoms with Gasteiger partial charge in [-0.25, -0.2) is 8.78 Å². The molecule has 0 amide bonds. The summed E-state index contributed by atoms with van der Waals surface area (Å²) in [7, 11) is 0. The van der Waals surface area contributed by atoms with E-state index in [-0.39, 0.29) is 5.56 Å². The Morgan fingerprint density at radius 1 is 0.944 bits per heavy atom. The maximum Gasteiger partial charge on any atom is 0.274 e. The van der Waals surface area contributed by atoms with E-state index < -0.39 is 12.0 Å². The normalized spacial score (nSPS) is 13.3. The van der Waals surface area contributed by atoms with E-state index in [1.54, 1.807) is 18.2 Å². The molecular formula is C15H14F2O. The van der Waals surface area contributed by atoms with Crippen LogP contribution in [0, 0.1) is 0 Å². The zero-order chi connectivity index (χ0) is 13.2. The molecule has 1 atom stereocenters. The Bertz CT molecular complexity index is 518. The quantitative estimate of drug-likeness (QED) is 0.869. The molecule has 1 N–H and O–H groups in total. The third-order valence-corrected chi connectivity index (χ3v) is 2.82. The van der Waals surface area contributed by atoms with Crippen molar-refractivity contribution >= 4 is 0 Å². The van der Waals surface area contributed by atoms with Gasteiger partial charge in [0.2, 0.25) is 0 Å². The molecule has 3 heteroatoms. The van der Waals surface area contributed by atoms with E-state index in [0.29, 0.717) is 5.56 Å². The van der Waals surface area contributed by atoms with Gasteiger partial charge in [0.05, 0.1) is 0 Å². The largest absolute Gasteiger partial charge is 0.382 e. The molecule has 0 saturated carbocycles. The van der Waals surface area contributed by atoms with Crippen LogP contribution in [-0.4, -0.2) is 11.0 Å². The fourth-order valence-corrected chi connectivity index (χ4v) is 1.89. The highest BCUT2D eigenvalue weighted by molar-refractivity contribution is 5.67. The standard InChI is InChI=1S/C15H14F2O/c1-15(16,17)14(18)13-10-6-5-9-12(13)11-7-3-2-4-8-11/h2-10,14,18H,1H3. The minimum absolute atomic E-state index is 0.246. The van der Waals surface area contributed by atoms with Gasteiger partial charge in [0.15, 0.2) is 0 Å². The van der Waals surface area contributed by atoms with E-state index in [0.717, 1.165) is 12.5 Å². The lowest BCUT2D eigenvalue weighted by Gasteiger charge is -2.21. The third kappa shape index (κ3) is 2.57. The molecule has 0 bridgehead atoms. The number of hydrogen-bond acceptors (Lipinski definition) is 1. The molecule has 0 fully saturated rings. The van der Waals surface area contributed by atoms with Gasteiger partial charge in [-0.2, -0.15) is 0 Å². The van der Waals surface area contributed by atoms with Gasteiger partial charge in [0, 0.05) is 6.92 Å². The lowest BCUT2D eigenvalue weighted by molar-refractivity contribution is -0.0951. The van der Waals surface area contributed by atoms with Crippen LogP contribution in [0.3, 0.4) is 0 Å². The van der Waals surface area contributed by atoms with E-state index in [4.69, 9.17) is 0 Å². The van der Waals surface area contributed by atoms with Crippen LogP contribution < -0.4 is 0 Å². The molecule has 18 heavy (non-hydrogen) atoms. The second-order valence-corrected chi connectivity index (χ2v) is 4.31. The van der Waals surface area contributed by atoms with Gasteiger partial charge >= 0.3 is 0 Å². The average molecular weight is 248 g/mol. The van der Waals surface area contributed by atoms with Crippen molar-refractivity contribution in [3.05, 3.63) is 60.2 Å². The highest BCUT2D eigenvalue weighted by Gasteiger charge is 2.34. The van der Waals surface area contributed by atoms with E-state index in [1.807, 2.05) is 30.3 Å². The molecule has 0 spiro atoms. The fourth-order valence-electron chi connectivity index (χ4n) is 1.89. The van der Waals surface area contributed by atoms with Crippen LogP contribution in [0.25, 0.3) is 11.1 Å². The molecule has 0 aliphatic rings. The molecule has 0 heterocycles. The first-order valence-electron chi connectivity index (χ1n) is 5.70. The van der Waals surface area contributed by atoms with E-state index in [1.165, 1.54) is 6.07 Å². The first-order valence-corrected chi connectivity index (χ1v) is 5.70. The van der Waals surface area contributed by atoms with E-state index in [2.05, 4.69) is 0 Å². The van der Waals surface area contributed by atoms with Gasteiger partial charge in [0.1, 0.15) is 6.10 Å². The first kappa shape index (κ1) is 12.7. The third-order valence-electron chi connectivity index (χ3n) is 2.82. The molecule has 0 saturated heterocycles. The molecule has 1 nitrogen and oxygen atoms in total. The van der Waals surface area contributed by atoms with Gasteiger partial charge in [0.25, 0.3) is 5.92 Å². The maximum absolute atomic E-state index is 13.2. The number of hydrogen-bond donors (Lipinski definition) is 1. The van der Waals surface area contributed by atoms with E-state index in [9.17, 15) is 13.9 Å². The summed E-state index contributed by atoms with van der Waals surface area (Å²) in [5.74, 6) is -3.16. The smallest absolute Gasteiger partial charge is 0.274 e. The van der Waals surface area contributed by atoms with Crippen LogP contribution in [0.1, 0.15) is 18.6 Å². The molecule has 0 aliphatic heterocycles. The number of aliphatic hydroxyl groups excluding tert-OH is 1. The number of halogens is 2. The molecule has 0 radical (unpaired) electrons. The summed E-state index contributed by atoms with van der Waals surface area (Å²) in [5.41, 5.74) is 1.69. The van der Waals surface area contributed by atoms with Gasteiger partial charge in [-0.3, -0.25) is 0 Å². The maximum atomic E-state index is 13.2. The van der Waals surface area contributed by atoms with Crippen molar-refractivity contribution in [1.82, 2.24) is 0 Å².